The summed E-state index contributed by atoms with van der Waals surface area (Å²) < 4.78 is 68.4. The largest absolute Gasteiger partial charge is 0.483 e. The van der Waals surface area contributed by atoms with Gasteiger partial charge in [-0.05, 0) is 90.5 Å². The number of aryl methyl sites for hydroxylation is 2. The molecule has 5 unspecified atom stereocenters. The number of fused-ring (bicyclic) bond motifs is 5. The summed E-state index contributed by atoms with van der Waals surface area (Å²) in [6, 6.07) is -0.0433. The molecule has 55 heavy (non-hydrogen) atoms. The number of benzene rings is 1. The number of hydrogen-bond acceptors (Lipinski definition) is 9. The maximum Gasteiger partial charge on any atom is 0.408 e. The van der Waals surface area contributed by atoms with E-state index in [9.17, 15) is 36.4 Å². The van der Waals surface area contributed by atoms with E-state index in [-0.39, 0.29) is 31.0 Å². The maximum atomic E-state index is 14.7. The van der Waals surface area contributed by atoms with Gasteiger partial charge in [0.05, 0.1) is 22.5 Å². The monoisotopic (exact) mass is 783 g/mol. The molecule has 4 heterocycles. The molecule has 13 nitrogen and oxygen atoms in total. The summed E-state index contributed by atoms with van der Waals surface area (Å²) in [5, 5.41) is 6.07. The zero-order valence-corrected chi connectivity index (χ0v) is 31.9. The molecular formula is C39H47F2N5O8S. The lowest BCUT2D eigenvalue weighted by molar-refractivity contribution is -0.141. The van der Waals surface area contributed by atoms with Gasteiger partial charge in [-0.25, -0.2) is 27.0 Å². The molecule has 6 aliphatic rings. The Bertz CT molecular complexity index is 2110. The van der Waals surface area contributed by atoms with Crippen molar-refractivity contribution in [1.82, 2.24) is 25.2 Å². The number of aromatic nitrogens is 1. The van der Waals surface area contributed by atoms with Crippen LogP contribution in [0.25, 0.3) is 10.9 Å². The lowest BCUT2D eigenvalue weighted by Gasteiger charge is -2.36. The summed E-state index contributed by atoms with van der Waals surface area (Å²) >= 11 is 0. The third-order valence-electron chi connectivity index (χ3n) is 12.6. The van der Waals surface area contributed by atoms with E-state index in [4.69, 9.17) is 9.47 Å². The SMILES string of the molecule is Cc1nc2cc(F)c(F)cc2c2c1OC1(CC2)CC2C(=O)NC3(C(=O)NS(=O)(=O)C4(C)CC4)CC3C=CCCCCCC(NC(=O)OC3CCC3)C(=O)N2C1. The molecule has 4 fully saturated rings. The van der Waals surface area contributed by atoms with Crippen LogP contribution in [0.3, 0.4) is 0 Å². The van der Waals surface area contributed by atoms with Crippen molar-refractivity contribution in [1.29, 1.82) is 0 Å². The van der Waals surface area contributed by atoms with E-state index in [1.165, 1.54) is 4.90 Å². The highest BCUT2D eigenvalue weighted by Gasteiger charge is 2.64. The molecule has 8 rings (SSSR count). The van der Waals surface area contributed by atoms with Gasteiger partial charge in [-0.1, -0.05) is 25.0 Å². The third-order valence-corrected chi connectivity index (χ3v) is 14.8. The predicted octanol–water partition coefficient (Wildman–Crippen LogP) is 4.53. The average molecular weight is 784 g/mol. The average Bonchev–Trinajstić information content (AvgIpc) is 4.01. The highest BCUT2D eigenvalue weighted by molar-refractivity contribution is 7.91. The zero-order chi connectivity index (χ0) is 38.9. The first-order chi connectivity index (χ1) is 26.1. The Morgan fingerprint density at radius 2 is 1.80 bits per heavy atom. The quantitative estimate of drug-likeness (QED) is 0.369. The number of amides is 4. The first-order valence-corrected chi connectivity index (χ1v) is 20.9. The number of pyridine rings is 1. The molecule has 1 aromatic carbocycles. The predicted molar refractivity (Wildman–Crippen MR) is 195 cm³/mol. The first-order valence-electron chi connectivity index (χ1n) is 19.4. The summed E-state index contributed by atoms with van der Waals surface area (Å²) in [5.41, 5.74) is -1.33. The van der Waals surface area contributed by atoms with E-state index < -0.39 is 79.4 Å². The number of halogens is 2. The molecule has 3 saturated carbocycles. The number of carbonyl (C=O) groups excluding carboxylic acids is 4. The Kier molecular flexibility index (Phi) is 9.36. The van der Waals surface area contributed by atoms with Crippen molar-refractivity contribution in [3.05, 3.63) is 47.2 Å². The third kappa shape index (κ3) is 6.92. The minimum atomic E-state index is -4.02. The van der Waals surface area contributed by atoms with Crippen LogP contribution in [0.1, 0.15) is 102 Å². The number of hydrogen-bond donors (Lipinski definition) is 3. The van der Waals surface area contributed by atoms with E-state index in [1.54, 1.807) is 13.8 Å². The second kappa shape index (κ2) is 13.7. The molecule has 3 aliphatic carbocycles. The highest BCUT2D eigenvalue weighted by Crippen LogP contribution is 2.49. The van der Waals surface area contributed by atoms with Crippen molar-refractivity contribution in [2.75, 3.05) is 6.54 Å². The van der Waals surface area contributed by atoms with Crippen molar-refractivity contribution in [3.63, 3.8) is 0 Å². The number of sulfonamides is 1. The number of nitrogens with zero attached hydrogens (tertiary/aromatic N) is 2. The highest BCUT2D eigenvalue weighted by atomic mass is 32.2. The van der Waals surface area contributed by atoms with Crippen molar-refractivity contribution in [3.8, 4) is 5.75 Å². The van der Waals surface area contributed by atoms with Crippen LogP contribution in [0.15, 0.2) is 24.3 Å². The van der Waals surface area contributed by atoms with Gasteiger partial charge >= 0.3 is 6.09 Å². The first kappa shape index (κ1) is 37.6. The van der Waals surface area contributed by atoms with Gasteiger partial charge in [0, 0.05) is 29.4 Å². The van der Waals surface area contributed by atoms with E-state index in [0.29, 0.717) is 67.3 Å². The summed E-state index contributed by atoms with van der Waals surface area (Å²) in [6.07, 6.45) is 10.1. The molecule has 0 bridgehead atoms. The maximum absolute atomic E-state index is 14.7. The number of ether oxygens (including phenoxy) is 2. The second-order valence-electron chi connectivity index (χ2n) is 16.6. The van der Waals surface area contributed by atoms with Gasteiger partial charge < -0.3 is 25.0 Å². The summed E-state index contributed by atoms with van der Waals surface area (Å²) in [4.78, 5) is 62.1. The van der Waals surface area contributed by atoms with Crippen LogP contribution in [-0.2, 0) is 35.6 Å². The fraction of sp³-hybridized carbons (Fsp3) is 0.615. The van der Waals surface area contributed by atoms with Crippen LogP contribution in [0.4, 0.5) is 13.6 Å². The normalized spacial score (nSPS) is 30.4. The second-order valence-corrected chi connectivity index (χ2v) is 18.8. The number of alkyl carbamates (subject to hydrolysis) is 1. The van der Waals surface area contributed by atoms with Crippen LogP contribution >= 0.6 is 0 Å². The molecule has 3 aliphatic heterocycles. The molecule has 1 aromatic heterocycles. The minimum Gasteiger partial charge on any atom is -0.483 e. The van der Waals surface area contributed by atoms with Crippen LogP contribution in [0.2, 0.25) is 0 Å². The molecule has 2 aromatic rings. The Balaban J connectivity index is 1.13. The Labute approximate surface area is 318 Å². The molecule has 3 N–H and O–H groups in total. The van der Waals surface area contributed by atoms with Gasteiger partial charge in [-0.15, -0.1) is 0 Å². The van der Waals surface area contributed by atoms with Crippen molar-refractivity contribution >= 4 is 44.7 Å². The van der Waals surface area contributed by atoms with Gasteiger partial charge in [-0.3, -0.25) is 19.1 Å². The van der Waals surface area contributed by atoms with E-state index >= 15 is 0 Å². The van der Waals surface area contributed by atoms with Gasteiger partial charge in [-0.2, -0.15) is 0 Å². The van der Waals surface area contributed by atoms with E-state index in [0.717, 1.165) is 44.2 Å². The molecular weight excluding hydrogens is 737 g/mol. The molecule has 1 saturated heterocycles. The number of carbonyl (C=O) groups is 4. The summed E-state index contributed by atoms with van der Waals surface area (Å²) in [5.74, 6) is -4.13. The molecule has 0 radical (unpaired) electrons. The number of allylic oxidation sites excluding steroid dienone is 1. The molecule has 16 heteroatoms. The topological polar surface area (TPSA) is 173 Å². The van der Waals surface area contributed by atoms with Crippen molar-refractivity contribution in [2.24, 2.45) is 5.92 Å². The molecule has 5 atom stereocenters. The minimum absolute atomic E-state index is 0.00703. The van der Waals surface area contributed by atoms with Crippen LogP contribution < -0.4 is 20.1 Å². The van der Waals surface area contributed by atoms with Gasteiger partial charge in [0.1, 0.15) is 35.1 Å². The van der Waals surface area contributed by atoms with Crippen LogP contribution in [0.5, 0.6) is 5.75 Å². The van der Waals surface area contributed by atoms with Crippen LogP contribution in [-0.4, -0.2) is 82.7 Å². The van der Waals surface area contributed by atoms with E-state index in [1.807, 2.05) is 12.2 Å². The fourth-order valence-corrected chi connectivity index (χ4v) is 9.82. The molecule has 1 spiro atoms. The lowest BCUT2D eigenvalue weighted by Crippen LogP contribution is -2.58. The van der Waals surface area contributed by atoms with Gasteiger partial charge in [0.2, 0.25) is 21.8 Å². The Morgan fingerprint density at radius 3 is 2.53 bits per heavy atom. The Morgan fingerprint density at radius 1 is 1.04 bits per heavy atom. The summed E-state index contributed by atoms with van der Waals surface area (Å²) in [7, 11) is -4.02. The van der Waals surface area contributed by atoms with E-state index in [2.05, 4.69) is 20.3 Å². The molecule has 296 valence electrons. The zero-order valence-electron chi connectivity index (χ0n) is 31.0. The number of rotatable bonds is 5. The van der Waals surface area contributed by atoms with Crippen molar-refractivity contribution < 1.29 is 45.9 Å². The standard InChI is InChI=1S/C39H47F2N5O8S/c1-22-32-25(26-17-27(40)28(41)18-30(26)42-22)13-14-38(54-32)20-31-33(47)44-39(35(49)45-55(51,52)37(2)15-16-37)19-23(39)9-6-4-3-5-7-12-29(34(48)46(31)21-38)43-36(50)53-24-10-8-11-24/h6,9,17-18,23-24,29,31H,3-5,7-8,10-16,19-21H2,1-2H3,(H,43,50)(H,44,47)(H,45,49). The molecule has 4 amide bonds. The van der Waals surface area contributed by atoms with Gasteiger partial charge in [0.25, 0.3) is 5.91 Å². The smallest absolute Gasteiger partial charge is 0.408 e. The summed E-state index contributed by atoms with van der Waals surface area (Å²) in [6.45, 7) is 3.21. The fourth-order valence-electron chi connectivity index (χ4n) is 8.50. The lowest BCUT2D eigenvalue weighted by atomic mass is 9.87. The Hall–Kier alpha value is -4.34. The van der Waals surface area contributed by atoms with Gasteiger partial charge in [0.15, 0.2) is 11.6 Å². The number of nitrogens with one attached hydrogen (secondary N) is 3. The van der Waals surface area contributed by atoms with Crippen LogP contribution in [0, 0.1) is 24.5 Å². The van der Waals surface area contributed by atoms with Crippen molar-refractivity contribution in [2.45, 2.75) is 138 Å².